The van der Waals surface area contributed by atoms with Crippen molar-refractivity contribution < 1.29 is 29.3 Å². The van der Waals surface area contributed by atoms with Crippen LogP contribution >= 0.6 is 0 Å². The largest absolute Gasteiger partial charge is 0.495 e. The van der Waals surface area contributed by atoms with Crippen molar-refractivity contribution in [1.29, 1.82) is 0 Å². The molecule has 0 radical (unpaired) electrons. The van der Waals surface area contributed by atoms with Gasteiger partial charge >= 0.3 is 0 Å². The van der Waals surface area contributed by atoms with Crippen molar-refractivity contribution in [1.82, 2.24) is 0 Å². The lowest BCUT2D eigenvalue weighted by Gasteiger charge is -2.18. The van der Waals surface area contributed by atoms with Crippen molar-refractivity contribution in [2.45, 2.75) is 12.2 Å². The number of rotatable bonds is 7. The smallest absolute Gasteiger partial charge is 0.256 e. The third kappa shape index (κ3) is 4.50. The quantitative estimate of drug-likeness (QED) is 0.585. The van der Waals surface area contributed by atoms with Gasteiger partial charge in [0.25, 0.3) is 11.8 Å². The number of carbonyl (C=O) groups excluding carboxylic acids is 2. The summed E-state index contributed by atoms with van der Waals surface area (Å²) < 4.78 is 10.2. The monoisotopic (exact) mass is 360 g/mol. The average Bonchev–Trinajstić information content (AvgIpc) is 2.67. The van der Waals surface area contributed by atoms with Crippen molar-refractivity contribution in [2.24, 2.45) is 0 Å². The van der Waals surface area contributed by atoms with Crippen LogP contribution in [0.15, 0.2) is 48.5 Å². The molecule has 4 N–H and O–H groups in total. The standard InChI is InChI=1S/C18H20N2O6/c1-25-13-9-5-3-7-11(13)19-17(23)15(21)16(22)18(24)20-12-8-4-6-10-14(12)26-2/h3-10,15-16,21-22H,1-2H3,(H,19,23)(H,20,24)/t15-,16-/m1/s1. The summed E-state index contributed by atoms with van der Waals surface area (Å²) in [6, 6.07) is 13.1. The molecule has 0 bridgehead atoms. The van der Waals surface area contributed by atoms with Crippen molar-refractivity contribution in [2.75, 3.05) is 24.9 Å². The first-order valence-electron chi connectivity index (χ1n) is 7.71. The molecular formula is C18H20N2O6. The van der Waals surface area contributed by atoms with E-state index in [0.717, 1.165) is 0 Å². The summed E-state index contributed by atoms with van der Waals surface area (Å²) in [5.41, 5.74) is 0.604. The summed E-state index contributed by atoms with van der Waals surface area (Å²) in [5, 5.41) is 24.8. The molecule has 0 aliphatic heterocycles. The number of carbonyl (C=O) groups is 2. The number of ether oxygens (including phenoxy) is 2. The van der Waals surface area contributed by atoms with E-state index in [1.807, 2.05) is 0 Å². The van der Waals surface area contributed by atoms with Crippen molar-refractivity contribution in [3.8, 4) is 11.5 Å². The van der Waals surface area contributed by atoms with Gasteiger partial charge in [0.15, 0.2) is 12.2 Å². The van der Waals surface area contributed by atoms with Crippen LogP contribution in [-0.4, -0.2) is 48.5 Å². The van der Waals surface area contributed by atoms with Crippen LogP contribution in [0.5, 0.6) is 11.5 Å². The molecule has 2 amide bonds. The first kappa shape index (κ1) is 19.2. The van der Waals surface area contributed by atoms with Crippen LogP contribution in [0.2, 0.25) is 0 Å². The summed E-state index contributed by atoms with van der Waals surface area (Å²) in [7, 11) is 2.86. The third-order valence-corrected chi connectivity index (χ3v) is 3.57. The number of hydrogen-bond donors (Lipinski definition) is 4. The number of benzene rings is 2. The molecule has 0 aromatic heterocycles. The number of amides is 2. The van der Waals surface area contributed by atoms with E-state index < -0.39 is 24.0 Å². The molecule has 2 atom stereocenters. The van der Waals surface area contributed by atoms with E-state index >= 15 is 0 Å². The Morgan fingerprint density at radius 1 is 0.769 bits per heavy atom. The Balaban J connectivity index is 2.04. The summed E-state index contributed by atoms with van der Waals surface area (Å²) in [4.78, 5) is 24.2. The normalized spacial score (nSPS) is 12.6. The fourth-order valence-electron chi connectivity index (χ4n) is 2.20. The second-order valence-electron chi connectivity index (χ2n) is 5.27. The fourth-order valence-corrected chi connectivity index (χ4v) is 2.20. The van der Waals surface area contributed by atoms with E-state index in [4.69, 9.17) is 9.47 Å². The highest BCUT2D eigenvalue weighted by Gasteiger charge is 2.31. The first-order chi connectivity index (χ1) is 12.5. The lowest BCUT2D eigenvalue weighted by atomic mass is 10.1. The van der Waals surface area contributed by atoms with Crippen LogP contribution in [-0.2, 0) is 9.59 Å². The van der Waals surface area contributed by atoms with E-state index in [2.05, 4.69) is 10.6 Å². The zero-order chi connectivity index (χ0) is 19.1. The Labute approximate surface area is 150 Å². The molecule has 2 aromatic carbocycles. The number of anilines is 2. The van der Waals surface area contributed by atoms with E-state index in [-0.39, 0.29) is 0 Å². The molecule has 0 spiro atoms. The number of hydrogen-bond acceptors (Lipinski definition) is 6. The molecular weight excluding hydrogens is 340 g/mol. The molecule has 2 aromatic rings. The Morgan fingerprint density at radius 2 is 1.12 bits per heavy atom. The second-order valence-corrected chi connectivity index (χ2v) is 5.27. The van der Waals surface area contributed by atoms with Gasteiger partial charge in [-0.2, -0.15) is 0 Å². The molecule has 8 heteroatoms. The fraction of sp³-hybridized carbons (Fsp3) is 0.222. The van der Waals surface area contributed by atoms with Crippen LogP contribution in [0.1, 0.15) is 0 Å². The number of para-hydroxylation sites is 4. The SMILES string of the molecule is COc1ccccc1NC(=O)[C@H](O)[C@@H](O)C(=O)Nc1ccccc1OC. The topological polar surface area (TPSA) is 117 Å². The predicted octanol–water partition coefficient (Wildman–Crippen LogP) is 1.00. The van der Waals surface area contributed by atoms with Gasteiger partial charge in [0.1, 0.15) is 11.5 Å². The maximum atomic E-state index is 12.1. The molecule has 0 aliphatic carbocycles. The van der Waals surface area contributed by atoms with Crippen LogP contribution in [0.4, 0.5) is 11.4 Å². The Kier molecular flexibility index (Phi) is 6.54. The molecule has 8 nitrogen and oxygen atoms in total. The second kappa shape index (κ2) is 8.84. The summed E-state index contributed by atoms with van der Waals surface area (Å²) in [5.74, 6) is -1.14. The van der Waals surface area contributed by atoms with Gasteiger partial charge in [-0.15, -0.1) is 0 Å². The molecule has 0 aliphatic rings. The highest BCUT2D eigenvalue weighted by Crippen LogP contribution is 2.24. The highest BCUT2D eigenvalue weighted by atomic mass is 16.5. The van der Waals surface area contributed by atoms with E-state index in [1.54, 1.807) is 48.5 Å². The molecule has 26 heavy (non-hydrogen) atoms. The number of methoxy groups -OCH3 is 2. The van der Waals surface area contributed by atoms with Crippen LogP contribution in [0, 0.1) is 0 Å². The molecule has 138 valence electrons. The van der Waals surface area contributed by atoms with Gasteiger partial charge in [0.2, 0.25) is 0 Å². The van der Waals surface area contributed by atoms with Crippen molar-refractivity contribution >= 4 is 23.2 Å². The molecule has 0 saturated heterocycles. The van der Waals surface area contributed by atoms with Crippen LogP contribution in [0.25, 0.3) is 0 Å². The average molecular weight is 360 g/mol. The maximum absolute atomic E-state index is 12.1. The molecule has 0 fully saturated rings. The van der Waals surface area contributed by atoms with Gasteiger partial charge in [-0.1, -0.05) is 24.3 Å². The van der Waals surface area contributed by atoms with E-state index in [1.165, 1.54) is 14.2 Å². The van der Waals surface area contributed by atoms with Gasteiger partial charge in [0, 0.05) is 0 Å². The minimum Gasteiger partial charge on any atom is -0.495 e. The van der Waals surface area contributed by atoms with Crippen molar-refractivity contribution in [3.63, 3.8) is 0 Å². The van der Waals surface area contributed by atoms with E-state index in [9.17, 15) is 19.8 Å². The molecule has 0 unspecified atom stereocenters. The van der Waals surface area contributed by atoms with Crippen LogP contribution in [0.3, 0.4) is 0 Å². The summed E-state index contributed by atoms with van der Waals surface area (Å²) in [6.07, 6.45) is -3.95. The van der Waals surface area contributed by atoms with Gasteiger partial charge < -0.3 is 30.3 Å². The van der Waals surface area contributed by atoms with Crippen molar-refractivity contribution in [3.05, 3.63) is 48.5 Å². The van der Waals surface area contributed by atoms with Gasteiger partial charge in [-0.05, 0) is 24.3 Å². The van der Waals surface area contributed by atoms with Gasteiger partial charge in [-0.25, -0.2) is 0 Å². The van der Waals surface area contributed by atoms with Crippen LogP contribution < -0.4 is 20.1 Å². The first-order valence-corrected chi connectivity index (χ1v) is 7.71. The molecule has 2 rings (SSSR count). The number of aliphatic hydroxyl groups is 2. The van der Waals surface area contributed by atoms with Gasteiger partial charge in [-0.3, -0.25) is 9.59 Å². The van der Waals surface area contributed by atoms with E-state index in [0.29, 0.717) is 22.9 Å². The maximum Gasteiger partial charge on any atom is 0.256 e. The zero-order valence-corrected chi connectivity index (χ0v) is 14.3. The molecule has 0 heterocycles. The lowest BCUT2D eigenvalue weighted by Crippen LogP contribution is -2.45. The highest BCUT2D eigenvalue weighted by molar-refractivity contribution is 6.03. The zero-order valence-electron chi connectivity index (χ0n) is 14.3. The van der Waals surface area contributed by atoms with Gasteiger partial charge in [0.05, 0.1) is 25.6 Å². The predicted molar refractivity (Wildman–Crippen MR) is 95.3 cm³/mol. The third-order valence-electron chi connectivity index (χ3n) is 3.57. The lowest BCUT2D eigenvalue weighted by molar-refractivity contribution is -0.139. The number of aliphatic hydroxyl groups excluding tert-OH is 2. The minimum absolute atomic E-state index is 0.302. The minimum atomic E-state index is -1.98. The summed E-state index contributed by atoms with van der Waals surface area (Å²) >= 11 is 0. The Hall–Kier alpha value is -3.10. The summed E-state index contributed by atoms with van der Waals surface area (Å²) in [6.45, 7) is 0. The Morgan fingerprint density at radius 3 is 1.46 bits per heavy atom. The Bertz CT molecular complexity index is 714. The number of nitrogens with one attached hydrogen (secondary N) is 2. The molecule has 0 saturated carbocycles.